The molecule has 0 atom stereocenters. The van der Waals surface area contributed by atoms with E-state index in [0.717, 1.165) is 18.0 Å². The monoisotopic (exact) mass is 277 g/mol. The van der Waals surface area contributed by atoms with Gasteiger partial charge in [0.15, 0.2) is 6.73 Å². The number of rotatable bonds is 1. The summed E-state index contributed by atoms with van der Waals surface area (Å²) in [5.74, 6) is 1.24. The summed E-state index contributed by atoms with van der Waals surface area (Å²) >= 11 is 0. The van der Waals surface area contributed by atoms with Gasteiger partial charge in [-0.3, -0.25) is 0 Å². The van der Waals surface area contributed by atoms with E-state index in [2.05, 4.69) is 35.2 Å². The molecule has 3 heteroatoms. The molecule has 0 aromatic heterocycles. The van der Waals surface area contributed by atoms with Crippen molar-refractivity contribution in [2.24, 2.45) is 0 Å². The second-order valence-electron chi connectivity index (χ2n) is 5.25. The maximum Gasteiger partial charge on any atom is 0.161 e. The van der Waals surface area contributed by atoms with Gasteiger partial charge in [-0.2, -0.15) is 0 Å². The highest BCUT2D eigenvalue weighted by Gasteiger charge is 2.19. The van der Waals surface area contributed by atoms with Crippen LogP contribution in [0.1, 0.15) is 5.56 Å². The van der Waals surface area contributed by atoms with Gasteiger partial charge in [0.05, 0.1) is 6.54 Å². The van der Waals surface area contributed by atoms with Gasteiger partial charge in [0.25, 0.3) is 0 Å². The number of ether oxygens (including phenoxy) is 1. The van der Waals surface area contributed by atoms with Crippen LogP contribution < -0.4 is 9.64 Å². The van der Waals surface area contributed by atoms with E-state index in [9.17, 15) is 5.11 Å². The minimum absolute atomic E-state index is 0.280. The fourth-order valence-corrected chi connectivity index (χ4v) is 2.83. The van der Waals surface area contributed by atoms with E-state index in [0.29, 0.717) is 6.73 Å². The van der Waals surface area contributed by atoms with E-state index in [1.54, 1.807) is 12.1 Å². The summed E-state index contributed by atoms with van der Waals surface area (Å²) in [6, 6.07) is 19.7. The van der Waals surface area contributed by atoms with Crippen LogP contribution >= 0.6 is 0 Å². The van der Waals surface area contributed by atoms with Crippen molar-refractivity contribution >= 4 is 16.5 Å². The summed E-state index contributed by atoms with van der Waals surface area (Å²) < 4.78 is 5.89. The molecule has 3 aromatic carbocycles. The fraction of sp³-hybridized carbons (Fsp3) is 0.111. The van der Waals surface area contributed by atoms with Gasteiger partial charge >= 0.3 is 0 Å². The number of benzene rings is 3. The van der Waals surface area contributed by atoms with Crippen LogP contribution in [0.3, 0.4) is 0 Å². The van der Waals surface area contributed by atoms with Crippen molar-refractivity contribution in [1.82, 2.24) is 0 Å². The van der Waals surface area contributed by atoms with E-state index in [4.69, 9.17) is 4.74 Å². The molecule has 4 rings (SSSR count). The molecule has 3 nitrogen and oxygen atoms in total. The molecular weight excluding hydrogens is 262 g/mol. The third-order valence-corrected chi connectivity index (χ3v) is 3.94. The Labute approximate surface area is 123 Å². The molecule has 0 amide bonds. The zero-order valence-corrected chi connectivity index (χ0v) is 11.5. The molecule has 0 bridgehead atoms. The normalized spacial score (nSPS) is 13.8. The highest BCUT2D eigenvalue weighted by Crippen LogP contribution is 2.34. The lowest BCUT2D eigenvalue weighted by Crippen LogP contribution is -2.31. The molecule has 3 aromatic rings. The standard InChI is InChI=1S/C18H15NO2/c20-15-8-6-14(7-9-15)19-11-17-16-4-2-1-3-13(16)5-10-18(17)21-12-19/h1-10,20H,11-12H2. The number of phenolic OH excluding ortho intramolecular Hbond substituents is 1. The van der Waals surface area contributed by atoms with Crippen LogP contribution in [0.4, 0.5) is 5.69 Å². The van der Waals surface area contributed by atoms with Gasteiger partial charge in [0.2, 0.25) is 0 Å². The first-order valence-corrected chi connectivity index (χ1v) is 6.99. The van der Waals surface area contributed by atoms with E-state index in [1.807, 2.05) is 18.2 Å². The minimum atomic E-state index is 0.280. The second kappa shape index (κ2) is 4.70. The number of anilines is 1. The van der Waals surface area contributed by atoms with Crippen LogP contribution in [-0.2, 0) is 6.54 Å². The molecule has 0 radical (unpaired) electrons. The van der Waals surface area contributed by atoms with E-state index >= 15 is 0 Å². The van der Waals surface area contributed by atoms with Gasteiger partial charge in [0.1, 0.15) is 11.5 Å². The lowest BCUT2D eigenvalue weighted by atomic mass is 10.0. The van der Waals surface area contributed by atoms with Crippen LogP contribution in [0.25, 0.3) is 10.8 Å². The Kier molecular flexibility index (Phi) is 2.71. The molecule has 0 spiro atoms. The van der Waals surface area contributed by atoms with Crippen LogP contribution in [-0.4, -0.2) is 11.8 Å². The molecule has 1 N–H and O–H groups in total. The van der Waals surface area contributed by atoms with Crippen molar-refractivity contribution in [2.45, 2.75) is 6.54 Å². The van der Waals surface area contributed by atoms with Gasteiger partial charge in [-0.1, -0.05) is 30.3 Å². The third kappa shape index (κ3) is 2.07. The van der Waals surface area contributed by atoms with E-state index in [1.165, 1.54) is 16.3 Å². The Hall–Kier alpha value is -2.68. The molecule has 0 fully saturated rings. The molecule has 104 valence electrons. The highest BCUT2D eigenvalue weighted by atomic mass is 16.5. The lowest BCUT2D eigenvalue weighted by Gasteiger charge is -2.31. The van der Waals surface area contributed by atoms with Gasteiger partial charge in [-0.25, -0.2) is 0 Å². The zero-order valence-electron chi connectivity index (χ0n) is 11.5. The summed E-state index contributed by atoms with van der Waals surface area (Å²) in [6.07, 6.45) is 0. The van der Waals surface area contributed by atoms with E-state index in [-0.39, 0.29) is 5.75 Å². The fourth-order valence-electron chi connectivity index (χ4n) is 2.83. The predicted molar refractivity (Wildman–Crippen MR) is 83.7 cm³/mol. The number of phenols is 1. The first-order valence-electron chi connectivity index (χ1n) is 6.99. The minimum Gasteiger partial charge on any atom is -0.508 e. The Balaban J connectivity index is 1.76. The Bertz CT molecular complexity index is 796. The van der Waals surface area contributed by atoms with Gasteiger partial charge in [0, 0.05) is 11.3 Å². The first kappa shape index (κ1) is 12.1. The van der Waals surface area contributed by atoms with Crippen molar-refractivity contribution < 1.29 is 9.84 Å². The van der Waals surface area contributed by atoms with Crippen molar-refractivity contribution in [3.63, 3.8) is 0 Å². The lowest BCUT2D eigenvalue weighted by molar-refractivity contribution is 0.290. The molecule has 0 saturated carbocycles. The maximum absolute atomic E-state index is 9.40. The molecule has 1 aliphatic rings. The first-order chi connectivity index (χ1) is 10.3. The topological polar surface area (TPSA) is 32.7 Å². The number of nitrogens with zero attached hydrogens (tertiary/aromatic N) is 1. The Morgan fingerprint density at radius 3 is 2.57 bits per heavy atom. The van der Waals surface area contributed by atoms with Crippen LogP contribution in [0.15, 0.2) is 60.7 Å². The average Bonchev–Trinajstić information content (AvgIpc) is 2.55. The van der Waals surface area contributed by atoms with Gasteiger partial charge in [-0.15, -0.1) is 0 Å². The third-order valence-electron chi connectivity index (χ3n) is 3.94. The molecule has 0 unspecified atom stereocenters. The smallest absolute Gasteiger partial charge is 0.161 e. The number of hydrogen-bond acceptors (Lipinski definition) is 3. The average molecular weight is 277 g/mol. The maximum atomic E-state index is 9.40. The quantitative estimate of drug-likeness (QED) is 0.732. The van der Waals surface area contributed by atoms with Crippen LogP contribution in [0.2, 0.25) is 0 Å². The molecular formula is C18H15NO2. The highest BCUT2D eigenvalue weighted by molar-refractivity contribution is 5.88. The molecule has 1 heterocycles. The predicted octanol–water partition coefficient (Wildman–Crippen LogP) is 3.90. The zero-order chi connectivity index (χ0) is 14.2. The largest absolute Gasteiger partial charge is 0.508 e. The molecule has 0 saturated heterocycles. The molecule has 21 heavy (non-hydrogen) atoms. The summed E-state index contributed by atoms with van der Waals surface area (Å²) in [4.78, 5) is 2.16. The molecule has 0 aliphatic carbocycles. The van der Waals surface area contributed by atoms with Crippen molar-refractivity contribution in [3.8, 4) is 11.5 Å². The Morgan fingerprint density at radius 1 is 0.905 bits per heavy atom. The SMILES string of the molecule is Oc1ccc(N2COc3ccc4ccccc4c3C2)cc1. The Morgan fingerprint density at radius 2 is 1.71 bits per heavy atom. The summed E-state index contributed by atoms with van der Waals surface area (Å²) in [5.41, 5.74) is 2.26. The molecule has 1 aliphatic heterocycles. The van der Waals surface area contributed by atoms with Crippen LogP contribution in [0.5, 0.6) is 11.5 Å². The van der Waals surface area contributed by atoms with Crippen molar-refractivity contribution in [1.29, 1.82) is 0 Å². The number of hydrogen-bond donors (Lipinski definition) is 1. The summed E-state index contributed by atoms with van der Waals surface area (Å²) in [6.45, 7) is 1.33. The summed E-state index contributed by atoms with van der Waals surface area (Å²) in [7, 11) is 0. The number of fused-ring (bicyclic) bond motifs is 3. The van der Waals surface area contributed by atoms with E-state index < -0.39 is 0 Å². The number of aromatic hydroxyl groups is 1. The summed E-state index contributed by atoms with van der Waals surface area (Å²) in [5, 5.41) is 11.9. The van der Waals surface area contributed by atoms with Crippen molar-refractivity contribution in [3.05, 3.63) is 66.2 Å². The van der Waals surface area contributed by atoms with Gasteiger partial charge in [-0.05, 0) is 41.1 Å². The second-order valence-corrected chi connectivity index (χ2v) is 5.25. The van der Waals surface area contributed by atoms with Crippen LogP contribution in [0, 0.1) is 0 Å². The van der Waals surface area contributed by atoms with Gasteiger partial charge < -0.3 is 14.7 Å². The van der Waals surface area contributed by atoms with Crippen molar-refractivity contribution in [2.75, 3.05) is 11.6 Å².